The van der Waals surface area contributed by atoms with Crippen LogP contribution in [-0.2, 0) is 4.79 Å². The summed E-state index contributed by atoms with van der Waals surface area (Å²) in [6.45, 7) is 1.45. The fourth-order valence-electron chi connectivity index (χ4n) is 1.91. The molecule has 0 radical (unpaired) electrons. The van der Waals surface area contributed by atoms with Crippen molar-refractivity contribution in [1.82, 2.24) is 5.32 Å². The number of hydrogen-bond acceptors (Lipinski definition) is 3. The number of anilines is 3. The van der Waals surface area contributed by atoms with Crippen LogP contribution in [0, 0.1) is 0 Å². The molecule has 23 heavy (non-hydrogen) atoms. The predicted molar refractivity (Wildman–Crippen MR) is 90.4 cm³/mol. The van der Waals surface area contributed by atoms with E-state index in [4.69, 9.17) is 16.7 Å². The Hall–Kier alpha value is -2.73. The number of halogens is 1. The van der Waals surface area contributed by atoms with Crippen LogP contribution in [0.1, 0.15) is 6.92 Å². The fourth-order valence-corrected chi connectivity index (χ4v) is 2.14. The van der Waals surface area contributed by atoms with Gasteiger partial charge in [0.25, 0.3) is 0 Å². The molecule has 0 aliphatic heterocycles. The smallest absolute Gasteiger partial charge is 0.405 e. The number of rotatable bonds is 5. The molecule has 0 unspecified atom stereocenters. The molecule has 7 heteroatoms. The lowest BCUT2D eigenvalue weighted by molar-refractivity contribution is -0.117. The van der Waals surface area contributed by atoms with Gasteiger partial charge in [-0.3, -0.25) is 4.79 Å². The van der Waals surface area contributed by atoms with E-state index in [9.17, 15) is 9.59 Å². The van der Waals surface area contributed by atoms with Crippen LogP contribution in [0.2, 0.25) is 5.02 Å². The molecule has 0 heterocycles. The lowest BCUT2D eigenvalue weighted by atomic mass is 10.2. The molecule has 0 bridgehead atoms. The van der Waals surface area contributed by atoms with Gasteiger partial charge in [0.05, 0.1) is 16.4 Å². The average molecular weight is 334 g/mol. The Morgan fingerprint density at radius 2 is 1.78 bits per heavy atom. The number of nitrogens with one attached hydrogen (secondary N) is 3. The molecule has 1 atom stereocenters. The first-order chi connectivity index (χ1) is 11.0. The van der Waals surface area contributed by atoms with E-state index in [0.29, 0.717) is 16.4 Å². The zero-order valence-corrected chi connectivity index (χ0v) is 13.1. The molecule has 2 aromatic carbocycles. The lowest BCUT2D eigenvalue weighted by Crippen LogP contribution is -2.40. The van der Waals surface area contributed by atoms with Crippen molar-refractivity contribution in [3.8, 4) is 0 Å². The van der Waals surface area contributed by atoms with Crippen LogP contribution in [0.5, 0.6) is 0 Å². The number of carbonyl (C=O) groups excluding carboxylic acids is 1. The molecule has 6 nitrogen and oxygen atoms in total. The molecule has 0 aliphatic carbocycles. The van der Waals surface area contributed by atoms with Crippen molar-refractivity contribution in [3.05, 3.63) is 53.6 Å². The van der Waals surface area contributed by atoms with Gasteiger partial charge in [-0.2, -0.15) is 0 Å². The van der Waals surface area contributed by atoms with Crippen molar-refractivity contribution in [1.29, 1.82) is 0 Å². The van der Waals surface area contributed by atoms with E-state index in [2.05, 4.69) is 16.0 Å². The van der Waals surface area contributed by atoms with E-state index in [1.54, 1.807) is 18.2 Å². The van der Waals surface area contributed by atoms with Crippen molar-refractivity contribution in [2.45, 2.75) is 13.0 Å². The minimum atomic E-state index is -1.27. The van der Waals surface area contributed by atoms with Crippen molar-refractivity contribution in [2.24, 2.45) is 0 Å². The molecule has 0 saturated carbocycles. The monoisotopic (exact) mass is 333 g/mol. The SMILES string of the molecule is C[C@H](NC(=O)O)C(=O)Nc1c(Cl)cccc1Nc1ccccc1. The Morgan fingerprint density at radius 3 is 2.43 bits per heavy atom. The molecule has 0 aliphatic rings. The van der Waals surface area contributed by atoms with Gasteiger partial charge >= 0.3 is 6.09 Å². The highest BCUT2D eigenvalue weighted by Crippen LogP contribution is 2.32. The Bertz CT molecular complexity index is 707. The maximum absolute atomic E-state index is 12.1. The van der Waals surface area contributed by atoms with Crippen LogP contribution in [-0.4, -0.2) is 23.1 Å². The number of carboxylic acid groups (broad SMARTS) is 1. The minimum absolute atomic E-state index is 0.349. The number of carbonyl (C=O) groups is 2. The van der Waals surface area contributed by atoms with Crippen molar-refractivity contribution < 1.29 is 14.7 Å². The van der Waals surface area contributed by atoms with Crippen molar-refractivity contribution in [3.63, 3.8) is 0 Å². The highest BCUT2D eigenvalue weighted by Gasteiger charge is 2.18. The third kappa shape index (κ3) is 4.62. The summed E-state index contributed by atoms with van der Waals surface area (Å²) < 4.78 is 0. The van der Waals surface area contributed by atoms with E-state index < -0.39 is 18.0 Å². The highest BCUT2D eigenvalue weighted by molar-refractivity contribution is 6.34. The van der Waals surface area contributed by atoms with Crippen LogP contribution >= 0.6 is 11.6 Å². The Morgan fingerprint density at radius 1 is 1.09 bits per heavy atom. The number of amides is 2. The normalized spacial score (nSPS) is 11.4. The van der Waals surface area contributed by atoms with Crippen LogP contribution in [0.4, 0.5) is 21.9 Å². The zero-order valence-electron chi connectivity index (χ0n) is 12.3. The standard InChI is InChI=1S/C16H16ClN3O3/c1-10(18-16(22)23)15(21)20-14-12(17)8-5-9-13(14)19-11-6-3-2-4-7-11/h2-10,18-19H,1H3,(H,20,21)(H,22,23)/t10-/m0/s1. The topological polar surface area (TPSA) is 90.5 Å². The maximum atomic E-state index is 12.1. The molecule has 120 valence electrons. The molecule has 0 saturated heterocycles. The summed E-state index contributed by atoms with van der Waals surface area (Å²) in [5.74, 6) is -0.503. The second-order valence-electron chi connectivity index (χ2n) is 4.81. The molecular weight excluding hydrogens is 318 g/mol. The zero-order chi connectivity index (χ0) is 16.8. The molecule has 2 rings (SSSR count). The van der Waals surface area contributed by atoms with Gasteiger partial charge in [-0.05, 0) is 31.2 Å². The summed E-state index contributed by atoms with van der Waals surface area (Å²) >= 11 is 6.16. The average Bonchev–Trinajstić information content (AvgIpc) is 2.51. The Kier molecular flexibility index (Phi) is 5.43. The van der Waals surface area contributed by atoms with E-state index >= 15 is 0 Å². The molecule has 2 amide bonds. The number of hydrogen-bond donors (Lipinski definition) is 4. The quantitative estimate of drug-likeness (QED) is 0.672. The van der Waals surface area contributed by atoms with Gasteiger partial charge in [0.1, 0.15) is 6.04 Å². The number of para-hydroxylation sites is 2. The molecular formula is C16H16ClN3O3. The molecule has 0 fully saturated rings. The van der Waals surface area contributed by atoms with E-state index in [1.807, 2.05) is 30.3 Å². The third-order valence-corrected chi connectivity index (χ3v) is 3.36. The Balaban J connectivity index is 2.21. The lowest BCUT2D eigenvalue weighted by Gasteiger charge is -2.17. The summed E-state index contributed by atoms with van der Waals surface area (Å²) in [6.07, 6.45) is -1.27. The summed E-state index contributed by atoms with van der Waals surface area (Å²) in [7, 11) is 0. The van der Waals surface area contributed by atoms with Gasteiger partial charge in [-0.1, -0.05) is 35.9 Å². The molecule has 0 aromatic heterocycles. The van der Waals surface area contributed by atoms with Gasteiger partial charge in [0, 0.05) is 5.69 Å². The van der Waals surface area contributed by atoms with E-state index in [0.717, 1.165) is 5.69 Å². The van der Waals surface area contributed by atoms with Crippen molar-refractivity contribution in [2.75, 3.05) is 10.6 Å². The fraction of sp³-hybridized carbons (Fsp3) is 0.125. The first-order valence-electron chi connectivity index (χ1n) is 6.88. The molecule has 4 N–H and O–H groups in total. The molecule has 2 aromatic rings. The summed E-state index contributed by atoms with van der Waals surface area (Å²) in [5.41, 5.74) is 1.84. The third-order valence-electron chi connectivity index (χ3n) is 3.05. The van der Waals surface area contributed by atoms with Gasteiger partial charge in [0.2, 0.25) is 5.91 Å². The number of benzene rings is 2. The van der Waals surface area contributed by atoms with E-state index in [1.165, 1.54) is 6.92 Å². The van der Waals surface area contributed by atoms with Gasteiger partial charge in [0.15, 0.2) is 0 Å². The van der Waals surface area contributed by atoms with E-state index in [-0.39, 0.29) is 0 Å². The minimum Gasteiger partial charge on any atom is -0.465 e. The molecule has 0 spiro atoms. The second-order valence-corrected chi connectivity index (χ2v) is 5.22. The summed E-state index contributed by atoms with van der Waals surface area (Å²) in [5, 5.41) is 16.9. The van der Waals surface area contributed by atoms with Crippen LogP contribution in [0.3, 0.4) is 0 Å². The summed E-state index contributed by atoms with van der Waals surface area (Å²) in [6, 6.07) is 13.7. The highest BCUT2D eigenvalue weighted by atomic mass is 35.5. The van der Waals surface area contributed by atoms with Gasteiger partial charge in [-0.25, -0.2) is 4.79 Å². The first kappa shape index (κ1) is 16.6. The van der Waals surface area contributed by atoms with Crippen LogP contribution in [0.25, 0.3) is 0 Å². The predicted octanol–water partition coefficient (Wildman–Crippen LogP) is 3.68. The van der Waals surface area contributed by atoms with Crippen molar-refractivity contribution >= 4 is 40.7 Å². The van der Waals surface area contributed by atoms with Gasteiger partial charge < -0.3 is 21.1 Å². The summed E-state index contributed by atoms with van der Waals surface area (Å²) in [4.78, 5) is 22.7. The van der Waals surface area contributed by atoms with Gasteiger partial charge in [-0.15, -0.1) is 0 Å². The van der Waals surface area contributed by atoms with Crippen LogP contribution in [0.15, 0.2) is 48.5 Å². The first-order valence-corrected chi connectivity index (χ1v) is 7.26. The Labute approximate surface area is 138 Å². The second kappa shape index (κ2) is 7.51. The van der Waals surface area contributed by atoms with Crippen LogP contribution < -0.4 is 16.0 Å². The maximum Gasteiger partial charge on any atom is 0.405 e. The largest absolute Gasteiger partial charge is 0.465 e.